The summed E-state index contributed by atoms with van der Waals surface area (Å²) >= 11 is 0. The molecule has 164 valence electrons. The Bertz CT molecular complexity index is 956. The van der Waals surface area contributed by atoms with Crippen molar-refractivity contribution in [3.05, 3.63) is 59.2 Å². The molecule has 0 bridgehead atoms. The van der Waals surface area contributed by atoms with Crippen LogP contribution >= 0.6 is 0 Å². The third-order valence-corrected chi connectivity index (χ3v) is 6.39. The van der Waals surface area contributed by atoms with Crippen LogP contribution in [0.4, 0.5) is 0 Å². The van der Waals surface area contributed by atoms with Crippen molar-refractivity contribution in [2.75, 3.05) is 27.3 Å². The highest BCUT2D eigenvalue weighted by Crippen LogP contribution is 2.40. The number of nitrogens with zero attached hydrogens (tertiary/aromatic N) is 2. The second-order valence-electron chi connectivity index (χ2n) is 8.46. The topological polar surface area (TPSA) is 59.1 Å². The SMILES string of the molecule is COc1ccc([C@H]2CCCN2C(=O)[C@H]2CC(=O)N(Cc3ccc(C)cc3)C2)c(OC)c1. The molecule has 0 N–H and O–H groups in total. The third kappa shape index (κ3) is 4.38. The third-order valence-electron chi connectivity index (χ3n) is 6.39. The molecule has 2 aromatic carbocycles. The van der Waals surface area contributed by atoms with Crippen LogP contribution < -0.4 is 9.47 Å². The Hall–Kier alpha value is -3.02. The van der Waals surface area contributed by atoms with Gasteiger partial charge < -0.3 is 19.3 Å². The molecule has 2 heterocycles. The summed E-state index contributed by atoms with van der Waals surface area (Å²) in [4.78, 5) is 29.8. The monoisotopic (exact) mass is 422 g/mol. The van der Waals surface area contributed by atoms with Crippen LogP contribution in [0.1, 0.15) is 42.0 Å². The van der Waals surface area contributed by atoms with Crippen molar-refractivity contribution in [1.29, 1.82) is 0 Å². The molecule has 2 fully saturated rings. The number of benzene rings is 2. The zero-order valence-corrected chi connectivity index (χ0v) is 18.5. The van der Waals surface area contributed by atoms with Gasteiger partial charge >= 0.3 is 0 Å². The maximum atomic E-state index is 13.4. The van der Waals surface area contributed by atoms with E-state index in [2.05, 4.69) is 12.1 Å². The molecule has 0 saturated carbocycles. The van der Waals surface area contributed by atoms with E-state index in [0.717, 1.165) is 35.5 Å². The van der Waals surface area contributed by atoms with Gasteiger partial charge in [0.05, 0.1) is 26.2 Å². The van der Waals surface area contributed by atoms with Gasteiger partial charge in [0.25, 0.3) is 0 Å². The van der Waals surface area contributed by atoms with Gasteiger partial charge in [0.15, 0.2) is 0 Å². The maximum Gasteiger partial charge on any atom is 0.228 e. The first-order chi connectivity index (χ1) is 15.0. The summed E-state index contributed by atoms with van der Waals surface area (Å²) in [6.45, 7) is 3.79. The molecule has 31 heavy (non-hydrogen) atoms. The van der Waals surface area contributed by atoms with Gasteiger partial charge in [0, 0.05) is 37.7 Å². The van der Waals surface area contributed by atoms with Crippen LogP contribution in [0.5, 0.6) is 11.5 Å². The molecule has 2 saturated heterocycles. The fourth-order valence-electron chi connectivity index (χ4n) is 4.69. The van der Waals surface area contributed by atoms with E-state index in [1.54, 1.807) is 14.2 Å². The number of carbonyl (C=O) groups excluding carboxylic acids is 2. The summed E-state index contributed by atoms with van der Waals surface area (Å²) in [6, 6.07) is 13.9. The Labute approximate surface area is 183 Å². The summed E-state index contributed by atoms with van der Waals surface area (Å²) in [5.41, 5.74) is 3.28. The zero-order chi connectivity index (χ0) is 22.0. The molecule has 0 radical (unpaired) electrons. The molecule has 0 aliphatic carbocycles. The quantitative estimate of drug-likeness (QED) is 0.712. The lowest BCUT2D eigenvalue weighted by atomic mass is 10.0. The Morgan fingerprint density at radius 2 is 1.87 bits per heavy atom. The van der Waals surface area contributed by atoms with Crippen LogP contribution in [0.3, 0.4) is 0 Å². The lowest BCUT2D eigenvalue weighted by Crippen LogP contribution is -2.37. The molecule has 0 aromatic heterocycles. The predicted molar refractivity (Wildman–Crippen MR) is 118 cm³/mol. The summed E-state index contributed by atoms with van der Waals surface area (Å²) in [5.74, 6) is 1.29. The number of ether oxygens (including phenoxy) is 2. The highest BCUT2D eigenvalue weighted by atomic mass is 16.5. The van der Waals surface area contributed by atoms with Gasteiger partial charge in [-0.05, 0) is 37.5 Å². The smallest absolute Gasteiger partial charge is 0.228 e. The summed E-state index contributed by atoms with van der Waals surface area (Å²) in [5, 5.41) is 0. The van der Waals surface area contributed by atoms with Crippen molar-refractivity contribution in [3.63, 3.8) is 0 Å². The van der Waals surface area contributed by atoms with Crippen LogP contribution in [0, 0.1) is 12.8 Å². The first kappa shape index (κ1) is 21.2. The van der Waals surface area contributed by atoms with Gasteiger partial charge in [0.1, 0.15) is 11.5 Å². The number of amides is 2. The van der Waals surface area contributed by atoms with E-state index < -0.39 is 0 Å². The highest BCUT2D eigenvalue weighted by molar-refractivity contribution is 5.89. The van der Waals surface area contributed by atoms with Crippen molar-refractivity contribution >= 4 is 11.8 Å². The van der Waals surface area contributed by atoms with E-state index in [-0.39, 0.29) is 30.2 Å². The van der Waals surface area contributed by atoms with E-state index in [1.807, 2.05) is 47.1 Å². The number of methoxy groups -OCH3 is 2. The van der Waals surface area contributed by atoms with Gasteiger partial charge in [0.2, 0.25) is 11.8 Å². The second kappa shape index (κ2) is 9.00. The molecule has 2 aliphatic rings. The van der Waals surface area contributed by atoms with E-state index in [1.165, 1.54) is 5.56 Å². The normalized spacial score (nSPS) is 20.9. The van der Waals surface area contributed by atoms with Crippen molar-refractivity contribution in [3.8, 4) is 11.5 Å². The molecule has 2 aliphatic heterocycles. The fourth-order valence-corrected chi connectivity index (χ4v) is 4.69. The predicted octanol–water partition coefficient (Wildman–Crippen LogP) is 3.72. The molecule has 6 nitrogen and oxygen atoms in total. The lowest BCUT2D eigenvalue weighted by molar-refractivity contribution is -0.136. The van der Waals surface area contributed by atoms with Crippen molar-refractivity contribution in [2.45, 2.75) is 38.8 Å². The van der Waals surface area contributed by atoms with Gasteiger partial charge in [-0.1, -0.05) is 29.8 Å². The molecule has 2 amide bonds. The average molecular weight is 423 g/mol. The van der Waals surface area contributed by atoms with E-state index >= 15 is 0 Å². The first-order valence-corrected chi connectivity index (χ1v) is 10.9. The van der Waals surface area contributed by atoms with Gasteiger partial charge in [-0.2, -0.15) is 0 Å². The van der Waals surface area contributed by atoms with E-state index in [9.17, 15) is 9.59 Å². The zero-order valence-electron chi connectivity index (χ0n) is 18.5. The highest BCUT2D eigenvalue weighted by Gasteiger charge is 2.40. The second-order valence-corrected chi connectivity index (χ2v) is 8.46. The molecular formula is C25H30N2O4. The molecule has 0 spiro atoms. The van der Waals surface area contributed by atoms with E-state index in [4.69, 9.17) is 9.47 Å². The Morgan fingerprint density at radius 3 is 2.58 bits per heavy atom. The average Bonchev–Trinajstić information content (AvgIpc) is 3.41. The van der Waals surface area contributed by atoms with Gasteiger partial charge in [-0.3, -0.25) is 9.59 Å². The Kier molecular flexibility index (Phi) is 6.16. The number of rotatable bonds is 6. The fraction of sp³-hybridized carbons (Fsp3) is 0.440. The summed E-state index contributed by atoms with van der Waals surface area (Å²) in [6.07, 6.45) is 2.12. The molecule has 2 aromatic rings. The van der Waals surface area contributed by atoms with Crippen molar-refractivity contribution in [2.24, 2.45) is 5.92 Å². The molecule has 4 rings (SSSR count). The standard InChI is InChI=1S/C25H30N2O4/c1-17-6-8-18(9-7-17)15-26-16-19(13-24(26)28)25(29)27-12-4-5-22(27)21-11-10-20(30-2)14-23(21)31-3/h6-11,14,19,22H,4-5,12-13,15-16H2,1-3H3/t19-,22+/m0/s1. The molecule has 2 atom stereocenters. The minimum Gasteiger partial charge on any atom is -0.497 e. The first-order valence-electron chi connectivity index (χ1n) is 10.9. The van der Waals surface area contributed by atoms with Crippen LogP contribution in [0.15, 0.2) is 42.5 Å². The number of hydrogen-bond donors (Lipinski definition) is 0. The minimum absolute atomic E-state index is 0.0328. The lowest BCUT2D eigenvalue weighted by Gasteiger charge is -2.28. The maximum absolute atomic E-state index is 13.4. The number of aryl methyl sites for hydroxylation is 1. The minimum atomic E-state index is -0.289. The van der Waals surface area contributed by atoms with Crippen molar-refractivity contribution < 1.29 is 19.1 Å². The number of carbonyl (C=O) groups is 2. The van der Waals surface area contributed by atoms with Gasteiger partial charge in [-0.15, -0.1) is 0 Å². The van der Waals surface area contributed by atoms with Crippen LogP contribution in [-0.4, -0.2) is 48.9 Å². The Morgan fingerprint density at radius 1 is 1.10 bits per heavy atom. The van der Waals surface area contributed by atoms with E-state index in [0.29, 0.717) is 19.6 Å². The Balaban J connectivity index is 1.47. The van der Waals surface area contributed by atoms with Crippen LogP contribution in [0.2, 0.25) is 0 Å². The number of hydrogen-bond acceptors (Lipinski definition) is 4. The molecular weight excluding hydrogens is 392 g/mol. The largest absolute Gasteiger partial charge is 0.497 e. The number of likely N-dealkylation sites (tertiary alicyclic amines) is 2. The molecule has 0 unspecified atom stereocenters. The summed E-state index contributed by atoms with van der Waals surface area (Å²) < 4.78 is 10.9. The van der Waals surface area contributed by atoms with Gasteiger partial charge in [-0.25, -0.2) is 0 Å². The van der Waals surface area contributed by atoms with Crippen molar-refractivity contribution in [1.82, 2.24) is 9.80 Å². The summed E-state index contributed by atoms with van der Waals surface area (Å²) in [7, 11) is 3.26. The van der Waals surface area contributed by atoms with Crippen LogP contribution in [-0.2, 0) is 16.1 Å². The molecule has 6 heteroatoms. The van der Waals surface area contributed by atoms with Crippen LogP contribution in [0.25, 0.3) is 0 Å².